The van der Waals surface area contributed by atoms with Crippen LogP contribution in [-0.4, -0.2) is 31.5 Å². The van der Waals surface area contributed by atoms with Crippen LogP contribution in [0.25, 0.3) is 22.0 Å². The number of aromatic nitrogens is 1. The normalized spacial score (nSPS) is 14.1. The molecule has 2 heterocycles. The Bertz CT molecular complexity index is 887. The average Bonchev–Trinajstić information content (AvgIpc) is 2.68. The van der Waals surface area contributed by atoms with E-state index in [1.807, 2.05) is 30.6 Å². The molecule has 0 amide bonds. The Hall–Kier alpha value is -2.88. The molecule has 4 rings (SSSR count). The Labute approximate surface area is 141 Å². The third kappa shape index (κ3) is 2.71. The van der Waals surface area contributed by atoms with Gasteiger partial charge in [0.25, 0.3) is 0 Å². The lowest BCUT2D eigenvalue weighted by molar-refractivity contribution is 0.415. The van der Waals surface area contributed by atoms with E-state index in [-0.39, 0.29) is 0 Å². The number of nitrogens with zero attached hydrogens (tertiary/aromatic N) is 3. The number of ether oxygens (including phenoxy) is 1. The minimum Gasteiger partial charge on any atom is -0.497 e. The molecule has 1 aliphatic heterocycles. The van der Waals surface area contributed by atoms with Crippen LogP contribution in [0.1, 0.15) is 6.42 Å². The molecule has 4 heteroatoms. The molecular formula is C20H19N3O. The molecule has 0 spiro atoms. The highest BCUT2D eigenvalue weighted by molar-refractivity contribution is 5.99. The monoisotopic (exact) mass is 317 g/mol. The first-order valence-electron chi connectivity index (χ1n) is 8.16. The standard InChI is InChI=1S/C20H19N3O/c1-24-17-9-7-15(8-10-17)19-13-16-5-2-3-6-18(16)20(22-19)23-12-4-11-21-14-23/h2-3,5-10,13-14H,4,11-12H2,1H3. The van der Waals surface area contributed by atoms with Gasteiger partial charge in [-0.05, 0) is 42.1 Å². The van der Waals surface area contributed by atoms with E-state index < -0.39 is 0 Å². The number of anilines is 1. The van der Waals surface area contributed by atoms with Crippen LogP contribution in [0.4, 0.5) is 5.82 Å². The van der Waals surface area contributed by atoms with Gasteiger partial charge in [0.2, 0.25) is 0 Å². The van der Waals surface area contributed by atoms with Gasteiger partial charge in [-0.3, -0.25) is 4.99 Å². The first kappa shape index (κ1) is 14.7. The van der Waals surface area contributed by atoms with Crippen molar-refractivity contribution in [3.05, 3.63) is 54.6 Å². The summed E-state index contributed by atoms with van der Waals surface area (Å²) in [5.74, 6) is 1.82. The van der Waals surface area contributed by atoms with E-state index in [0.29, 0.717) is 0 Å². The second kappa shape index (κ2) is 6.32. The molecule has 24 heavy (non-hydrogen) atoms. The van der Waals surface area contributed by atoms with Crippen molar-refractivity contribution in [1.29, 1.82) is 0 Å². The van der Waals surface area contributed by atoms with Crippen molar-refractivity contribution < 1.29 is 4.74 Å². The number of aliphatic imine (C=N–C) groups is 1. The van der Waals surface area contributed by atoms with Crippen LogP contribution in [0.3, 0.4) is 0 Å². The van der Waals surface area contributed by atoms with E-state index in [2.05, 4.69) is 40.2 Å². The van der Waals surface area contributed by atoms with Crippen molar-refractivity contribution in [2.75, 3.05) is 25.1 Å². The number of hydrogen-bond donors (Lipinski definition) is 0. The molecule has 120 valence electrons. The lowest BCUT2D eigenvalue weighted by Crippen LogP contribution is -2.27. The SMILES string of the molecule is COc1ccc(-c2cc3ccccc3c(N3C=NCCC3)n2)cc1. The Balaban J connectivity index is 1.86. The highest BCUT2D eigenvalue weighted by Gasteiger charge is 2.14. The zero-order valence-electron chi connectivity index (χ0n) is 13.6. The summed E-state index contributed by atoms with van der Waals surface area (Å²) >= 11 is 0. The quantitative estimate of drug-likeness (QED) is 0.728. The Morgan fingerprint density at radius 1 is 1.04 bits per heavy atom. The first-order valence-corrected chi connectivity index (χ1v) is 8.16. The van der Waals surface area contributed by atoms with Crippen LogP contribution < -0.4 is 9.64 Å². The fourth-order valence-corrected chi connectivity index (χ4v) is 3.02. The fraction of sp³-hybridized carbons (Fsp3) is 0.200. The Morgan fingerprint density at radius 3 is 2.62 bits per heavy atom. The summed E-state index contributed by atoms with van der Waals surface area (Å²) in [6.07, 6.45) is 2.97. The van der Waals surface area contributed by atoms with Gasteiger partial charge in [0.1, 0.15) is 11.6 Å². The minimum absolute atomic E-state index is 0.850. The van der Waals surface area contributed by atoms with Gasteiger partial charge in [0.05, 0.1) is 19.1 Å². The van der Waals surface area contributed by atoms with Gasteiger partial charge < -0.3 is 9.64 Å². The predicted molar refractivity (Wildman–Crippen MR) is 99.1 cm³/mol. The van der Waals surface area contributed by atoms with Crippen molar-refractivity contribution in [3.63, 3.8) is 0 Å². The van der Waals surface area contributed by atoms with Crippen LogP contribution in [0.2, 0.25) is 0 Å². The summed E-state index contributed by atoms with van der Waals surface area (Å²) < 4.78 is 5.25. The predicted octanol–water partition coefficient (Wildman–Crippen LogP) is 4.15. The van der Waals surface area contributed by atoms with Gasteiger partial charge in [-0.2, -0.15) is 0 Å². The first-order chi connectivity index (χ1) is 11.8. The molecule has 0 unspecified atom stereocenters. The summed E-state index contributed by atoms with van der Waals surface area (Å²) in [6, 6.07) is 18.5. The lowest BCUT2D eigenvalue weighted by Gasteiger charge is -2.23. The summed E-state index contributed by atoms with van der Waals surface area (Å²) in [5, 5.41) is 2.34. The van der Waals surface area contributed by atoms with E-state index in [1.54, 1.807) is 7.11 Å². The second-order valence-electron chi connectivity index (χ2n) is 5.85. The highest BCUT2D eigenvalue weighted by Crippen LogP contribution is 2.30. The number of hydrogen-bond acceptors (Lipinski definition) is 4. The molecule has 0 saturated carbocycles. The molecule has 0 atom stereocenters. The molecule has 0 saturated heterocycles. The van der Waals surface area contributed by atoms with Gasteiger partial charge in [0, 0.05) is 24.0 Å². The van der Waals surface area contributed by atoms with E-state index in [4.69, 9.17) is 9.72 Å². The molecule has 1 aliphatic rings. The number of pyridine rings is 1. The van der Waals surface area contributed by atoms with Crippen LogP contribution in [0.15, 0.2) is 59.6 Å². The zero-order valence-corrected chi connectivity index (χ0v) is 13.6. The molecular weight excluding hydrogens is 298 g/mol. The summed E-state index contributed by atoms with van der Waals surface area (Å²) in [5.41, 5.74) is 2.04. The average molecular weight is 317 g/mol. The van der Waals surface area contributed by atoms with Crippen molar-refractivity contribution in [1.82, 2.24) is 4.98 Å². The maximum Gasteiger partial charge on any atom is 0.142 e. The molecule has 0 radical (unpaired) electrons. The number of methoxy groups -OCH3 is 1. The van der Waals surface area contributed by atoms with Gasteiger partial charge in [-0.1, -0.05) is 24.3 Å². The summed E-state index contributed by atoms with van der Waals surface area (Å²) in [7, 11) is 1.68. The van der Waals surface area contributed by atoms with Crippen molar-refractivity contribution in [2.45, 2.75) is 6.42 Å². The molecule has 2 aromatic carbocycles. The summed E-state index contributed by atoms with van der Waals surface area (Å²) in [6.45, 7) is 1.85. The molecule has 0 fully saturated rings. The Morgan fingerprint density at radius 2 is 1.88 bits per heavy atom. The molecule has 0 bridgehead atoms. The molecule has 1 aromatic heterocycles. The molecule has 4 nitrogen and oxygen atoms in total. The number of rotatable bonds is 3. The van der Waals surface area contributed by atoms with Gasteiger partial charge >= 0.3 is 0 Å². The highest BCUT2D eigenvalue weighted by atomic mass is 16.5. The number of benzene rings is 2. The topological polar surface area (TPSA) is 37.7 Å². The fourth-order valence-electron chi connectivity index (χ4n) is 3.02. The smallest absolute Gasteiger partial charge is 0.142 e. The van der Waals surface area contributed by atoms with Gasteiger partial charge in [0.15, 0.2) is 0 Å². The van der Waals surface area contributed by atoms with Crippen molar-refractivity contribution >= 4 is 22.9 Å². The van der Waals surface area contributed by atoms with E-state index in [9.17, 15) is 0 Å². The molecule has 3 aromatic rings. The molecule has 0 aliphatic carbocycles. The zero-order chi connectivity index (χ0) is 16.4. The third-order valence-corrected chi connectivity index (χ3v) is 4.29. The maximum absolute atomic E-state index is 5.25. The lowest BCUT2D eigenvalue weighted by atomic mass is 10.1. The van der Waals surface area contributed by atoms with Crippen LogP contribution >= 0.6 is 0 Å². The van der Waals surface area contributed by atoms with Gasteiger partial charge in [-0.15, -0.1) is 0 Å². The van der Waals surface area contributed by atoms with Crippen LogP contribution in [0, 0.1) is 0 Å². The van der Waals surface area contributed by atoms with Crippen molar-refractivity contribution in [2.24, 2.45) is 4.99 Å². The van der Waals surface area contributed by atoms with E-state index in [1.165, 1.54) is 5.39 Å². The third-order valence-electron chi connectivity index (χ3n) is 4.29. The maximum atomic E-state index is 5.25. The van der Waals surface area contributed by atoms with Crippen LogP contribution in [0.5, 0.6) is 5.75 Å². The number of fused-ring (bicyclic) bond motifs is 1. The van der Waals surface area contributed by atoms with Gasteiger partial charge in [-0.25, -0.2) is 4.98 Å². The van der Waals surface area contributed by atoms with Crippen LogP contribution in [-0.2, 0) is 0 Å². The van der Waals surface area contributed by atoms with E-state index in [0.717, 1.165) is 47.7 Å². The Kier molecular flexibility index (Phi) is 3.87. The second-order valence-corrected chi connectivity index (χ2v) is 5.85. The minimum atomic E-state index is 0.850. The summed E-state index contributed by atoms with van der Waals surface area (Å²) in [4.78, 5) is 11.5. The molecule has 0 N–H and O–H groups in total. The van der Waals surface area contributed by atoms with Crippen molar-refractivity contribution in [3.8, 4) is 17.0 Å². The largest absolute Gasteiger partial charge is 0.497 e. The van der Waals surface area contributed by atoms with E-state index >= 15 is 0 Å².